The average Bonchev–Trinajstić information content (AvgIpc) is 2.36. The zero-order valence-corrected chi connectivity index (χ0v) is 10.8. The Bertz CT molecular complexity index is 763. The van der Waals surface area contributed by atoms with Crippen molar-refractivity contribution in [1.82, 2.24) is 0 Å². The number of sulfonamides is 1. The number of hydrogen-bond donors (Lipinski definition) is 3. The molecule has 2 aromatic rings. The van der Waals surface area contributed by atoms with Crippen molar-refractivity contribution in [1.29, 1.82) is 0 Å². The van der Waals surface area contributed by atoms with E-state index in [9.17, 15) is 22.3 Å². The molecule has 4 N–H and O–H groups in total. The Morgan fingerprint density at radius 3 is 2.35 bits per heavy atom. The fraction of sp³-hybridized carbons (Fsp3) is 0. The second kappa shape index (κ2) is 4.97. The highest BCUT2D eigenvalue weighted by molar-refractivity contribution is 7.92. The van der Waals surface area contributed by atoms with Crippen molar-refractivity contribution in [3.63, 3.8) is 0 Å². The molecule has 0 radical (unpaired) electrons. The van der Waals surface area contributed by atoms with E-state index in [1.165, 1.54) is 12.1 Å². The van der Waals surface area contributed by atoms with E-state index in [4.69, 9.17) is 5.73 Å². The van der Waals surface area contributed by atoms with Crippen LogP contribution in [0.3, 0.4) is 0 Å². The van der Waals surface area contributed by atoms with E-state index in [1.807, 2.05) is 0 Å². The van der Waals surface area contributed by atoms with Crippen molar-refractivity contribution in [2.45, 2.75) is 4.90 Å². The van der Waals surface area contributed by atoms with Gasteiger partial charge in [0.15, 0.2) is 11.6 Å². The first-order chi connectivity index (χ1) is 9.29. The van der Waals surface area contributed by atoms with Crippen molar-refractivity contribution in [3.8, 4) is 5.75 Å². The van der Waals surface area contributed by atoms with Gasteiger partial charge in [0.05, 0.1) is 16.3 Å². The Morgan fingerprint density at radius 1 is 1.05 bits per heavy atom. The van der Waals surface area contributed by atoms with Crippen LogP contribution in [0.5, 0.6) is 5.75 Å². The molecule has 2 rings (SSSR count). The highest BCUT2D eigenvalue weighted by Gasteiger charge is 2.17. The fourth-order valence-electron chi connectivity index (χ4n) is 1.49. The minimum atomic E-state index is -4.11. The first-order valence-electron chi connectivity index (χ1n) is 5.36. The largest absolute Gasteiger partial charge is 0.508 e. The zero-order chi connectivity index (χ0) is 14.9. The molecule has 8 heteroatoms. The van der Waals surface area contributed by atoms with Gasteiger partial charge >= 0.3 is 0 Å². The number of nitrogens with two attached hydrogens (primary N) is 1. The summed E-state index contributed by atoms with van der Waals surface area (Å²) in [5, 5.41) is 9.17. The van der Waals surface area contributed by atoms with E-state index in [2.05, 4.69) is 4.72 Å². The summed E-state index contributed by atoms with van der Waals surface area (Å²) in [6, 6.07) is 5.85. The van der Waals surface area contributed by atoms with E-state index in [1.54, 1.807) is 0 Å². The maximum Gasteiger partial charge on any atom is 0.262 e. The molecule has 20 heavy (non-hydrogen) atoms. The van der Waals surface area contributed by atoms with Crippen LogP contribution in [-0.4, -0.2) is 13.5 Å². The number of hydrogen-bond acceptors (Lipinski definition) is 4. The van der Waals surface area contributed by atoms with Crippen LogP contribution in [0.2, 0.25) is 0 Å². The average molecular weight is 300 g/mol. The molecule has 2 aromatic carbocycles. The summed E-state index contributed by atoms with van der Waals surface area (Å²) in [5.41, 5.74) is 5.56. The van der Waals surface area contributed by atoms with E-state index in [-0.39, 0.29) is 17.1 Å². The molecule has 106 valence electrons. The molecule has 0 fully saturated rings. The highest BCUT2D eigenvalue weighted by atomic mass is 32.2. The molecule has 0 spiro atoms. The normalized spacial score (nSPS) is 11.3. The van der Waals surface area contributed by atoms with Crippen LogP contribution in [0, 0.1) is 11.6 Å². The first-order valence-corrected chi connectivity index (χ1v) is 6.84. The van der Waals surface area contributed by atoms with Gasteiger partial charge in [-0.05, 0) is 30.3 Å². The minimum Gasteiger partial charge on any atom is -0.508 e. The van der Waals surface area contributed by atoms with Gasteiger partial charge in [0.25, 0.3) is 10.0 Å². The Kier molecular flexibility index (Phi) is 3.49. The third kappa shape index (κ3) is 2.80. The molecule has 0 aromatic heterocycles. The summed E-state index contributed by atoms with van der Waals surface area (Å²) < 4.78 is 51.9. The van der Waals surface area contributed by atoms with Crippen LogP contribution in [0.15, 0.2) is 41.3 Å². The number of halogens is 2. The second-order valence-electron chi connectivity index (χ2n) is 3.95. The number of benzene rings is 2. The molecular weight excluding hydrogens is 290 g/mol. The third-order valence-corrected chi connectivity index (χ3v) is 3.84. The monoisotopic (exact) mass is 300 g/mol. The maximum absolute atomic E-state index is 13.1. The molecule has 0 saturated heterocycles. The third-order valence-electron chi connectivity index (χ3n) is 2.48. The first kappa shape index (κ1) is 14.1. The summed E-state index contributed by atoms with van der Waals surface area (Å²) in [7, 11) is -4.11. The molecule has 0 atom stereocenters. The van der Waals surface area contributed by atoms with Gasteiger partial charge in [-0.3, -0.25) is 4.72 Å². The molecule has 0 heterocycles. The van der Waals surface area contributed by atoms with Crippen LogP contribution >= 0.6 is 0 Å². The number of nitrogen functional groups attached to an aromatic ring is 1. The van der Waals surface area contributed by atoms with Crippen molar-refractivity contribution in [2.75, 3.05) is 10.5 Å². The minimum absolute atomic E-state index is 0.00356. The summed E-state index contributed by atoms with van der Waals surface area (Å²) >= 11 is 0. The van der Waals surface area contributed by atoms with Gasteiger partial charge in [-0.1, -0.05) is 0 Å². The SMILES string of the molecule is Nc1cc(O)ccc1NS(=O)(=O)c1ccc(F)c(F)c1. The van der Waals surface area contributed by atoms with Gasteiger partial charge in [-0.2, -0.15) is 0 Å². The Morgan fingerprint density at radius 2 is 1.75 bits per heavy atom. The molecule has 0 aliphatic rings. The molecule has 0 amide bonds. The molecule has 0 aliphatic heterocycles. The standard InChI is InChI=1S/C12H10F2N2O3S/c13-9-3-2-8(6-10(9)14)20(18,19)16-12-4-1-7(17)5-11(12)15/h1-6,16-17H,15H2. The molecule has 0 aliphatic carbocycles. The van der Waals surface area contributed by atoms with E-state index in [0.717, 1.165) is 12.1 Å². The van der Waals surface area contributed by atoms with Gasteiger partial charge in [0, 0.05) is 6.07 Å². The number of phenols is 1. The topological polar surface area (TPSA) is 92.4 Å². The van der Waals surface area contributed by atoms with Gasteiger partial charge in [-0.25, -0.2) is 17.2 Å². The summed E-state index contributed by atoms with van der Waals surface area (Å²) in [5.74, 6) is -2.54. The van der Waals surface area contributed by atoms with Crippen LogP contribution in [0.25, 0.3) is 0 Å². The van der Waals surface area contributed by atoms with Gasteiger partial charge in [0.2, 0.25) is 0 Å². The zero-order valence-electron chi connectivity index (χ0n) is 9.97. The van der Waals surface area contributed by atoms with E-state index < -0.39 is 26.6 Å². The van der Waals surface area contributed by atoms with E-state index in [0.29, 0.717) is 12.1 Å². The lowest BCUT2D eigenvalue weighted by atomic mass is 10.2. The molecule has 5 nitrogen and oxygen atoms in total. The molecule has 0 unspecified atom stereocenters. The van der Waals surface area contributed by atoms with Crippen LogP contribution in [0.4, 0.5) is 20.2 Å². The number of anilines is 2. The molecular formula is C12H10F2N2O3S. The maximum atomic E-state index is 13.1. The summed E-state index contributed by atoms with van der Waals surface area (Å²) in [6.45, 7) is 0. The van der Waals surface area contributed by atoms with Crippen molar-refractivity contribution < 1.29 is 22.3 Å². The Labute approximate surface area is 113 Å². The van der Waals surface area contributed by atoms with Crippen LogP contribution in [-0.2, 0) is 10.0 Å². The lowest BCUT2D eigenvalue weighted by molar-refractivity contribution is 0.475. The van der Waals surface area contributed by atoms with Crippen LogP contribution < -0.4 is 10.5 Å². The Balaban J connectivity index is 2.38. The lowest BCUT2D eigenvalue weighted by Gasteiger charge is -2.10. The predicted molar refractivity (Wildman–Crippen MR) is 69.7 cm³/mol. The fourth-order valence-corrected chi connectivity index (χ4v) is 2.59. The number of rotatable bonds is 3. The number of nitrogens with one attached hydrogen (secondary N) is 1. The summed E-state index contributed by atoms with van der Waals surface area (Å²) in [4.78, 5) is -0.441. The Hall–Kier alpha value is -2.35. The highest BCUT2D eigenvalue weighted by Crippen LogP contribution is 2.26. The number of phenolic OH excluding ortho intramolecular Hbond substituents is 1. The molecule has 0 bridgehead atoms. The van der Waals surface area contributed by atoms with Crippen molar-refractivity contribution in [3.05, 3.63) is 48.0 Å². The van der Waals surface area contributed by atoms with E-state index >= 15 is 0 Å². The molecule has 0 saturated carbocycles. The van der Waals surface area contributed by atoms with Gasteiger partial charge < -0.3 is 10.8 Å². The number of aromatic hydroxyl groups is 1. The quantitative estimate of drug-likeness (QED) is 0.597. The van der Waals surface area contributed by atoms with Crippen molar-refractivity contribution in [2.24, 2.45) is 0 Å². The van der Waals surface area contributed by atoms with Crippen LogP contribution in [0.1, 0.15) is 0 Å². The van der Waals surface area contributed by atoms with Crippen molar-refractivity contribution >= 4 is 21.4 Å². The summed E-state index contributed by atoms with van der Waals surface area (Å²) in [6.07, 6.45) is 0. The smallest absolute Gasteiger partial charge is 0.262 e. The second-order valence-corrected chi connectivity index (χ2v) is 5.64. The predicted octanol–water partition coefficient (Wildman–Crippen LogP) is 2.05. The van der Waals surface area contributed by atoms with Gasteiger partial charge in [-0.15, -0.1) is 0 Å². The lowest BCUT2D eigenvalue weighted by Crippen LogP contribution is -2.14. The van der Waals surface area contributed by atoms with Gasteiger partial charge in [0.1, 0.15) is 5.75 Å².